The van der Waals surface area contributed by atoms with Crippen LogP contribution in [-0.2, 0) is 4.79 Å². The summed E-state index contributed by atoms with van der Waals surface area (Å²) in [6, 6.07) is 3.08. The van der Waals surface area contributed by atoms with Crippen LogP contribution in [0.5, 0.6) is 0 Å². The average molecular weight is 226 g/mol. The summed E-state index contributed by atoms with van der Waals surface area (Å²) >= 11 is 0. The van der Waals surface area contributed by atoms with Crippen molar-refractivity contribution in [3.63, 3.8) is 0 Å². The summed E-state index contributed by atoms with van der Waals surface area (Å²) in [7, 11) is 0. The first-order valence-corrected chi connectivity index (χ1v) is 5.16. The van der Waals surface area contributed by atoms with Crippen LogP contribution >= 0.6 is 0 Å². The Morgan fingerprint density at radius 2 is 2.19 bits per heavy atom. The highest BCUT2D eigenvalue weighted by Gasteiger charge is 2.21. The van der Waals surface area contributed by atoms with E-state index in [2.05, 4.69) is 10.6 Å². The van der Waals surface area contributed by atoms with Crippen LogP contribution in [0.3, 0.4) is 0 Å². The van der Waals surface area contributed by atoms with Gasteiger partial charge in [-0.3, -0.25) is 4.79 Å². The molecule has 0 aromatic heterocycles. The van der Waals surface area contributed by atoms with Gasteiger partial charge < -0.3 is 10.6 Å². The van der Waals surface area contributed by atoms with E-state index in [9.17, 15) is 13.6 Å². The van der Waals surface area contributed by atoms with E-state index >= 15 is 0 Å². The number of hydrogen-bond donors (Lipinski definition) is 2. The smallest absolute Gasteiger partial charge is 0.241 e. The van der Waals surface area contributed by atoms with Gasteiger partial charge in [0.25, 0.3) is 0 Å². The monoisotopic (exact) mass is 226 g/mol. The van der Waals surface area contributed by atoms with E-state index in [0.29, 0.717) is 0 Å². The standard InChI is InChI=1S/C11H12F2N2O/c12-8-4-3-7(6-9(8)13)15-11(16)10-2-1-5-14-10/h3-4,6,10,14H,1-2,5H2,(H,15,16). The first-order chi connectivity index (χ1) is 7.66. The maximum absolute atomic E-state index is 12.9. The van der Waals surface area contributed by atoms with Crippen LogP contribution in [0, 0.1) is 11.6 Å². The molecule has 1 aromatic carbocycles. The summed E-state index contributed by atoms with van der Waals surface area (Å²) in [5, 5.41) is 5.57. The Hall–Kier alpha value is -1.49. The van der Waals surface area contributed by atoms with Gasteiger partial charge in [0.1, 0.15) is 0 Å². The van der Waals surface area contributed by atoms with Gasteiger partial charge in [0.2, 0.25) is 5.91 Å². The fourth-order valence-corrected chi connectivity index (χ4v) is 1.71. The van der Waals surface area contributed by atoms with Crippen molar-refractivity contribution in [2.45, 2.75) is 18.9 Å². The van der Waals surface area contributed by atoms with Crippen molar-refractivity contribution >= 4 is 11.6 Å². The molecule has 3 nitrogen and oxygen atoms in total. The Kier molecular flexibility index (Phi) is 3.14. The molecule has 2 rings (SSSR count). The third kappa shape index (κ3) is 2.36. The van der Waals surface area contributed by atoms with Gasteiger partial charge in [0.05, 0.1) is 6.04 Å². The minimum absolute atomic E-state index is 0.205. The van der Waals surface area contributed by atoms with Gasteiger partial charge in [-0.1, -0.05) is 0 Å². The van der Waals surface area contributed by atoms with Crippen LogP contribution in [0.25, 0.3) is 0 Å². The molecule has 1 aromatic rings. The van der Waals surface area contributed by atoms with Gasteiger partial charge >= 0.3 is 0 Å². The van der Waals surface area contributed by atoms with Crippen molar-refractivity contribution < 1.29 is 13.6 Å². The Morgan fingerprint density at radius 1 is 1.38 bits per heavy atom. The summed E-state index contributed by atoms with van der Waals surface area (Å²) in [4.78, 5) is 11.6. The molecular formula is C11H12F2N2O. The molecule has 1 heterocycles. The Balaban J connectivity index is 2.02. The van der Waals surface area contributed by atoms with Gasteiger partial charge in [-0.25, -0.2) is 8.78 Å². The van der Waals surface area contributed by atoms with E-state index in [-0.39, 0.29) is 17.6 Å². The quantitative estimate of drug-likeness (QED) is 0.805. The lowest BCUT2D eigenvalue weighted by atomic mass is 10.2. The Labute approximate surface area is 91.8 Å². The maximum atomic E-state index is 12.9. The van der Waals surface area contributed by atoms with E-state index in [1.807, 2.05) is 0 Å². The number of amides is 1. The van der Waals surface area contributed by atoms with Gasteiger partial charge in [-0.15, -0.1) is 0 Å². The fraction of sp³-hybridized carbons (Fsp3) is 0.364. The van der Waals surface area contributed by atoms with Crippen LogP contribution in [0.15, 0.2) is 18.2 Å². The van der Waals surface area contributed by atoms with E-state index < -0.39 is 11.6 Å². The van der Waals surface area contributed by atoms with Crippen molar-refractivity contribution in [2.24, 2.45) is 0 Å². The molecule has 1 amide bonds. The molecule has 5 heteroatoms. The SMILES string of the molecule is O=C(Nc1ccc(F)c(F)c1)C1CCCN1. The second-order valence-electron chi connectivity index (χ2n) is 3.77. The highest BCUT2D eigenvalue weighted by Crippen LogP contribution is 2.14. The van der Waals surface area contributed by atoms with Gasteiger partial charge in [0.15, 0.2) is 11.6 Å². The molecule has 1 fully saturated rings. The second-order valence-corrected chi connectivity index (χ2v) is 3.77. The van der Waals surface area contributed by atoms with Crippen molar-refractivity contribution in [2.75, 3.05) is 11.9 Å². The first-order valence-electron chi connectivity index (χ1n) is 5.16. The Bertz CT molecular complexity index is 403. The van der Waals surface area contributed by atoms with Crippen LogP contribution in [0.4, 0.5) is 14.5 Å². The molecule has 86 valence electrons. The summed E-state index contributed by atoms with van der Waals surface area (Å²) < 4.78 is 25.5. The zero-order valence-electron chi connectivity index (χ0n) is 8.59. The summed E-state index contributed by atoms with van der Waals surface area (Å²) in [5.41, 5.74) is 0.276. The van der Waals surface area contributed by atoms with Crippen LogP contribution in [-0.4, -0.2) is 18.5 Å². The van der Waals surface area contributed by atoms with Crippen LogP contribution in [0.1, 0.15) is 12.8 Å². The van der Waals surface area contributed by atoms with Gasteiger partial charge in [-0.05, 0) is 31.5 Å². The minimum atomic E-state index is -0.961. The van der Waals surface area contributed by atoms with Crippen LogP contribution < -0.4 is 10.6 Å². The third-order valence-electron chi connectivity index (χ3n) is 2.56. The first kappa shape index (κ1) is 11.0. The van der Waals surface area contributed by atoms with Gasteiger partial charge in [0, 0.05) is 11.8 Å². The van der Waals surface area contributed by atoms with E-state index in [1.54, 1.807) is 0 Å². The number of anilines is 1. The summed E-state index contributed by atoms with van der Waals surface area (Å²) in [6.07, 6.45) is 1.73. The number of nitrogens with one attached hydrogen (secondary N) is 2. The summed E-state index contributed by atoms with van der Waals surface area (Å²) in [5.74, 6) is -2.09. The third-order valence-corrected chi connectivity index (χ3v) is 2.56. The average Bonchev–Trinajstić information content (AvgIpc) is 2.77. The Morgan fingerprint density at radius 3 is 2.81 bits per heavy atom. The molecule has 0 bridgehead atoms. The number of carbonyl (C=O) groups is 1. The van der Waals surface area contributed by atoms with Crippen molar-refractivity contribution in [1.29, 1.82) is 0 Å². The molecule has 0 spiro atoms. The molecule has 1 saturated heterocycles. The molecule has 1 aliphatic heterocycles. The topological polar surface area (TPSA) is 41.1 Å². The number of halogens is 2. The molecule has 0 saturated carbocycles. The highest BCUT2D eigenvalue weighted by molar-refractivity contribution is 5.94. The predicted molar refractivity (Wildman–Crippen MR) is 56.0 cm³/mol. The normalized spacial score (nSPS) is 19.8. The van der Waals surface area contributed by atoms with E-state index in [1.165, 1.54) is 6.07 Å². The molecule has 1 unspecified atom stereocenters. The maximum Gasteiger partial charge on any atom is 0.241 e. The lowest BCUT2D eigenvalue weighted by Crippen LogP contribution is -2.35. The molecular weight excluding hydrogens is 214 g/mol. The van der Waals surface area contributed by atoms with Crippen molar-refractivity contribution in [3.05, 3.63) is 29.8 Å². The number of hydrogen-bond acceptors (Lipinski definition) is 2. The minimum Gasteiger partial charge on any atom is -0.325 e. The lowest BCUT2D eigenvalue weighted by molar-refractivity contribution is -0.117. The largest absolute Gasteiger partial charge is 0.325 e. The van der Waals surface area contributed by atoms with Crippen molar-refractivity contribution in [3.8, 4) is 0 Å². The number of carbonyl (C=O) groups excluding carboxylic acids is 1. The molecule has 16 heavy (non-hydrogen) atoms. The molecule has 1 aliphatic rings. The number of rotatable bonds is 2. The molecule has 2 N–H and O–H groups in total. The fourth-order valence-electron chi connectivity index (χ4n) is 1.71. The molecule has 0 aliphatic carbocycles. The van der Waals surface area contributed by atoms with Gasteiger partial charge in [-0.2, -0.15) is 0 Å². The zero-order valence-corrected chi connectivity index (χ0v) is 8.59. The second kappa shape index (κ2) is 4.57. The predicted octanol–water partition coefficient (Wildman–Crippen LogP) is 1.66. The zero-order chi connectivity index (χ0) is 11.5. The van der Waals surface area contributed by atoms with Crippen molar-refractivity contribution in [1.82, 2.24) is 5.32 Å². The van der Waals surface area contributed by atoms with E-state index in [0.717, 1.165) is 31.5 Å². The molecule has 1 atom stereocenters. The highest BCUT2D eigenvalue weighted by atomic mass is 19.2. The summed E-state index contributed by atoms with van der Waals surface area (Å²) in [6.45, 7) is 0.815. The lowest BCUT2D eigenvalue weighted by Gasteiger charge is -2.10. The van der Waals surface area contributed by atoms with E-state index in [4.69, 9.17) is 0 Å². The number of benzene rings is 1. The molecule has 0 radical (unpaired) electrons. The van der Waals surface area contributed by atoms with Crippen LogP contribution in [0.2, 0.25) is 0 Å².